The lowest BCUT2D eigenvalue weighted by molar-refractivity contribution is -0.161. The standard InChI is InChI=1S/C83H146O16P2/c1-4-7-10-13-16-19-22-25-27-29-31-33-34-35-36-37-38-39-40-41-42-44-46-47-49-52-54-57-60-63-66-69-81(86)93-72-78(84)73-95-100(89,90)96-74-79(85)75-97-101(91,92)98-77-80(99-83(88)71-68-65-62-59-56-51-24-21-18-15-12-9-6-3)76-94-82(87)70-67-64-61-58-55-53-50-48-45-43-32-30-28-26-23-20-17-14-11-8-5-2/h8,11,16-17,19-20,25-28,31-33,35-36,43,48,50,78-80,84-85H,4-7,9-10,12-15,18,21-24,29-30,34,37-42,44-47,49,51-77H2,1-3H3,(H,89,90)(H,91,92)/b11-8-,19-16-,20-17-,27-25-,28-26-,33-31-,36-35-,43-32-,50-48-. The molecule has 0 aromatic rings. The third kappa shape index (κ3) is 77.1. The number of aliphatic hydroxyl groups excluding tert-OH is 2. The second kappa shape index (κ2) is 75.9. The Kier molecular flexibility index (Phi) is 73.0. The predicted molar refractivity (Wildman–Crippen MR) is 417 cm³/mol. The zero-order valence-electron chi connectivity index (χ0n) is 63.8. The van der Waals surface area contributed by atoms with Gasteiger partial charge in [-0.15, -0.1) is 0 Å². The number of unbranched alkanes of at least 4 members (excludes halogenated alkanes) is 35. The van der Waals surface area contributed by atoms with Gasteiger partial charge in [-0.1, -0.05) is 323 Å². The van der Waals surface area contributed by atoms with Crippen molar-refractivity contribution in [3.05, 3.63) is 109 Å². The number of allylic oxidation sites excluding steroid dienone is 18. The maximum Gasteiger partial charge on any atom is 0.472 e. The lowest BCUT2D eigenvalue weighted by Gasteiger charge is -2.21. The maximum absolute atomic E-state index is 12.9. The van der Waals surface area contributed by atoms with E-state index in [2.05, 4.69) is 130 Å². The van der Waals surface area contributed by atoms with Gasteiger partial charge in [0.15, 0.2) is 6.10 Å². The van der Waals surface area contributed by atoms with Gasteiger partial charge in [0.2, 0.25) is 0 Å². The minimum absolute atomic E-state index is 0.102. The van der Waals surface area contributed by atoms with Crippen LogP contribution in [0.25, 0.3) is 0 Å². The van der Waals surface area contributed by atoms with Gasteiger partial charge in [0, 0.05) is 19.3 Å². The fourth-order valence-electron chi connectivity index (χ4n) is 10.9. The topological polar surface area (TPSA) is 231 Å². The summed E-state index contributed by atoms with van der Waals surface area (Å²) in [5.74, 6) is -1.58. The van der Waals surface area contributed by atoms with Crippen LogP contribution in [0.3, 0.4) is 0 Å². The highest BCUT2D eigenvalue weighted by Crippen LogP contribution is 2.45. The van der Waals surface area contributed by atoms with E-state index in [9.17, 15) is 43.5 Å². The van der Waals surface area contributed by atoms with E-state index in [1.54, 1.807) is 0 Å². The average Bonchev–Trinajstić information content (AvgIpc) is 0.935. The highest BCUT2D eigenvalue weighted by Gasteiger charge is 2.29. The first kappa shape index (κ1) is 97.2. The van der Waals surface area contributed by atoms with Crippen molar-refractivity contribution in [1.29, 1.82) is 0 Å². The SMILES string of the molecule is CC/C=C\C/C=C\C/C=C\C/C=C\C/C=C\CCCCCCCC(=O)OCC(COP(=O)(O)OCC(O)COP(=O)(O)OCC(O)COC(=O)CCCCCCCCCCCCCCCCC/C=C\C/C=C\C/C=C\C/C=C\CCCCC)OC(=O)CCCCCCCCCCCCCCC. The molecule has 0 aliphatic rings. The number of carbonyl (C=O) groups is 3. The van der Waals surface area contributed by atoms with Gasteiger partial charge in [-0.2, -0.15) is 0 Å². The molecule has 0 rings (SSSR count). The Morgan fingerprint density at radius 2 is 0.525 bits per heavy atom. The third-order valence-corrected chi connectivity index (χ3v) is 18.9. The summed E-state index contributed by atoms with van der Waals surface area (Å²) in [6.07, 6.45) is 88.6. The molecule has 0 aromatic heterocycles. The molecule has 0 saturated heterocycles. The second-order valence-electron chi connectivity index (χ2n) is 26.8. The zero-order valence-corrected chi connectivity index (χ0v) is 65.6. The first-order valence-electron chi connectivity index (χ1n) is 40.2. The number of hydrogen-bond acceptors (Lipinski definition) is 14. The smallest absolute Gasteiger partial charge is 0.463 e. The number of phosphoric acid groups is 2. The summed E-state index contributed by atoms with van der Waals surface area (Å²) in [4.78, 5) is 58.6. The molecule has 0 bridgehead atoms. The van der Waals surface area contributed by atoms with Gasteiger partial charge in [0.1, 0.15) is 25.4 Å². The van der Waals surface area contributed by atoms with E-state index < -0.39 is 91.5 Å². The Labute approximate surface area is 615 Å². The Bertz CT molecular complexity index is 2270. The monoisotopic (exact) mass is 1460 g/mol. The average molecular weight is 1460 g/mol. The summed E-state index contributed by atoms with van der Waals surface area (Å²) in [5, 5.41) is 20.6. The predicted octanol–water partition coefficient (Wildman–Crippen LogP) is 23.5. The van der Waals surface area contributed by atoms with Gasteiger partial charge in [-0.25, -0.2) is 9.13 Å². The zero-order chi connectivity index (χ0) is 73.7. The minimum Gasteiger partial charge on any atom is -0.463 e. The van der Waals surface area contributed by atoms with E-state index in [4.69, 9.17) is 32.3 Å². The quantitative estimate of drug-likeness (QED) is 0.0146. The molecule has 0 spiro atoms. The van der Waals surface area contributed by atoms with Crippen molar-refractivity contribution in [2.45, 2.75) is 360 Å². The maximum atomic E-state index is 12.9. The summed E-state index contributed by atoms with van der Waals surface area (Å²) < 4.78 is 61.1. The largest absolute Gasteiger partial charge is 0.472 e. The molecule has 584 valence electrons. The number of ether oxygens (including phenoxy) is 3. The summed E-state index contributed by atoms with van der Waals surface area (Å²) in [6.45, 7) is 2.55. The third-order valence-electron chi connectivity index (χ3n) is 17.0. The van der Waals surface area contributed by atoms with Crippen molar-refractivity contribution in [2.24, 2.45) is 0 Å². The molecule has 0 saturated carbocycles. The Morgan fingerprint density at radius 1 is 0.287 bits per heavy atom. The molecule has 0 radical (unpaired) electrons. The first-order valence-corrected chi connectivity index (χ1v) is 43.2. The molecule has 4 N–H and O–H groups in total. The highest BCUT2D eigenvalue weighted by atomic mass is 31.2. The number of hydrogen-bond donors (Lipinski definition) is 4. The lowest BCUT2D eigenvalue weighted by Crippen LogP contribution is -2.30. The van der Waals surface area contributed by atoms with Crippen LogP contribution in [-0.4, -0.2) is 95.9 Å². The van der Waals surface area contributed by atoms with E-state index in [0.717, 1.165) is 128 Å². The Hall–Kier alpha value is -3.79. The van der Waals surface area contributed by atoms with Crippen molar-refractivity contribution < 1.29 is 75.8 Å². The van der Waals surface area contributed by atoms with E-state index in [-0.39, 0.29) is 19.3 Å². The fraction of sp³-hybridized carbons (Fsp3) is 0.747. The normalized spacial score (nSPS) is 14.6. The van der Waals surface area contributed by atoms with Crippen molar-refractivity contribution in [3.63, 3.8) is 0 Å². The molecule has 16 nitrogen and oxygen atoms in total. The highest BCUT2D eigenvalue weighted by molar-refractivity contribution is 7.47. The van der Waals surface area contributed by atoms with Crippen LogP contribution in [-0.2, 0) is 55.8 Å². The number of esters is 3. The van der Waals surface area contributed by atoms with Crippen LogP contribution in [0, 0.1) is 0 Å². The van der Waals surface area contributed by atoms with Crippen molar-refractivity contribution in [3.8, 4) is 0 Å². The lowest BCUT2D eigenvalue weighted by atomic mass is 10.0. The Morgan fingerprint density at radius 3 is 0.851 bits per heavy atom. The van der Waals surface area contributed by atoms with Crippen molar-refractivity contribution in [2.75, 3.05) is 39.6 Å². The summed E-state index contributed by atoms with van der Waals surface area (Å²) in [5.41, 5.74) is 0. The molecule has 0 amide bonds. The molecule has 18 heteroatoms. The van der Waals surface area contributed by atoms with E-state index >= 15 is 0 Å². The van der Waals surface area contributed by atoms with Crippen LogP contribution in [0.4, 0.5) is 0 Å². The minimum atomic E-state index is -4.93. The van der Waals surface area contributed by atoms with Crippen LogP contribution in [0.2, 0.25) is 0 Å². The molecule has 5 unspecified atom stereocenters. The van der Waals surface area contributed by atoms with Crippen LogP contribution in [0.1, 0.15) is 342 Å². The van der Waals surface area contributed by atoms with Gasteiger partial charge < -0.3 is 34.2 Å². The first-order chi connectivity index (χ1) is 49.2. The summed E-state index contributed by atoms with van der Waals surface area (Å²) in [6, 6.07) is 0. The number of aliphatic hydroxyl groups is 2. The van der Waals surface area contributed by atoms with E-state index in [0.29, 0.717) is 19.3 Å². The van der Waals surface area contributed by atoms with Crippen LogP contribution < -0.4 is 0 Å². The molecular weight excluding hydrogens is 1310 g/mol. The van der Waals surface area contributed by atoms with Crippen molar-refractivity contribution in [1.82, 2.24) is 0 Å². The molecular formula is C83H146O16P2. The van der Waals surface area contributed by atoms with Gasteiger partial charge >= 0.3 is 33.6 Å². The van der Waals surface area contributed by atoms with E-state index in [1.165, 1.54) is 154 Å². The molecule has 0 fully saturated rings. The summed E-state index contributed by atoms with van der Waals surface area (Å²) in [7, 11) is -9.79. The van der Waals surface area contributed by atoms with Crippen molar-refractivity contribution >= 4 is 33.6 Å². The van der Waals surface area contributed by atoms with Crippen LogP contribution >= 0.6 is 15.6 Å². The van der Waals surface area contributed by atoms with Crippen LogP contribution in [0.15, 0.2) is 109 Å². The molecule has 0 heterocycles. The fourth-order valence-corrected chi connectivity index (χ4v) is 12.5. The molecule has 0 aliphatic carbocycles. The van der Waals surface area contributed by atoms with Gasteiger partial charge in [0.05, 0.1) is 26.4 Å². The van der Waals surface area contributed by atoms with Gasteiger partial charge in [0.25, 0.3) is 0 Å². The molecule has 0 aromatic carbocycles. The Balaban J connectivity index is 4.45. The molecule has 101 heavy (non-hydrogen) atoms. The van der Waals surface area contributed by atoms with E-state index in [1.807, 2.05) is 0 Å². The van der Waals surface area contributed by atoms with Gasteiger partial charge in [-0.3, -0.25) is 32.5 Å². The number of rotatable bonds is 76. The molecule has 5 atom stereocenters. The molecule has 0 aliphatic heterocycles. The summed E-state index contributed by atoms with van der Waals surface area (Å²) >= 11 is 0. The van der Waals surface area contributed by atoms with Crippen LogP contribution in [0.5, 0.6) is 0 Å². The number of carbonyl (C=O) groups excluding carboxylic acids is 3. The number of phosphoric ester groups is 2. The second-order valence-corrected chi connectivity index (χ2v) is 29.8. The van der Waals surface area contributed by atoms with Gasteiger partial charge in [-0.05, 0) is 109 Å².